The van der Waals surface area contributed by atoms with E-state index in [9.17, 15) is 33.6 Å². The first kappa shape index (κ1) is 71.4. The molecular weight excluding hydrogens is 749 g/mol. The molecule has 0 saturated heterocycles. The van der Waals surface area contributed by atoms with Crippen LogP contribution in [0.2, 0.25) is 0 Å². The molecule has 0 radical (unpaired) electrons. The molecule has 7 heteroatoms. The van der Waals surface area contributed by atoms with E-state index in [-0.39, 0.29) is 60.7 Å². The number of Topliss-reactive ketones (excluding diaryl/α,β-unsaturated/α-hetero) is 7. The van der Waals surface area contributed by atoms with Gasteiger partial charge in [0.15, 0.2) is 0 Å². The molecule has 0 heterocycles. The molecule has 2 unspecified atom stereocenters. The Morgan fingerprint density at radius 1 is 0.367 bits per heavy atom. The summed E-state index contributed by atoms with van der Waals surface area (Å²) in [5, 5.41) is 0. The second-order valence-electron chi connectivity index (χ2n) is 17.6. The molecule has 0 aromatic heterocycles. The van der Waals surface area contributed by atoms with Gasteiger partial charge < -0.3 is 0 Å². The van der Waals surface area contributed by atoms with Crippen LogP contribution in [-0.4, -0.2) is 40.5 Å². The van der Waals surface area contributed by atoms with Gasteiger partial charge in [-0.1, -0.05) is 197 Å². The van der Waals surface area contributed by atoms with Crippen LogP contribution in [-0.2, 0) is 40.0 Å². The summed E-state index contributed by atoms with van der Waals surface area (Å²) in [6.45, 7) is 44.7. The van der Waals surface area contributed by atoms with E-state index in [1.807, 2.05) is 164 Å². The summed E-state index contributed by atoms with van der Waals surface area (Å²) in [6.07, 6.45) is 4.25. The number of carbonyl (C=O) groups excluding carboxylic acids is 7. The van der Waals surface area contributed by atoms with Gasteiger partial charge in [0.05, 0.1) is 0 Å². The number of carbonyl (C=O) groups is 7. The molecule has 0 fully saturated rings. The Labute approximate surface area is 373 Å². The summed E-state index contributed by atoms with van der Waals surface area (Å²) >= 11 is 0. The number of rotatable bonds is 17. The largest absolute Gasteiger partial charge is 0.299 e. The van der Waals surface area contributed by atoms with E-state index in [1.54, 1.807) is 0 Å². The third-order valence-electron chi connectivity index (χ3n) is 9.42. The molecule has 0 saturated carbocycles. The molecule has 1 aromatic carbocycles. The van der Waals surface area contributed by atoms with Crippen LogP contribution in [0.3, 0.4) is 0 Å². The lowest BCUT2D eigenvalue weighted by atomic mass is 9.88. The van der Waals surface area contributed by atoms with Gasteiger partial charge in [-0.3, -0.25) is 33.6 Å². The highest BCUT2D eigenvalue weighted by atomic mass is 16.1. The average Bonchev–Trinajstić information content (AvgIpc) is 3.19. The van der Waals surface area contributed by atoms with Crippen LogP contribution in [0.15, 0.2) is 30.3 Å². The minimum Gasteiger partial charge on any atom is -0.299 e. The lowest BCUT2D eigenvalue weighted by molar-refractivity contribution is -0.126. The first-order valence-corrected chi connectivity index (χ1v) is 22.7. The van der Waals surface area contributed by atoms with Gasteiger partial charge in [-0.15, -0.1) is 0 Å². The lowest BCUT2D eigenvalue weighted by Crippen LogP contribution is -2.21. The van der Waals surface area contributed by atoms with Crippen LogP contribution in [0.4, 0.5) is 0 Å². The Balaban J connectivity index is -0.000000111. The maximum absolute atomic E-state index is 11.6. The normalized spacial score (nSPS) is 11.1. The van der Waals surface area contributed by atoms with E-state index in [0.29, 0.717) is 78.5 Å². The van der Waals surface area contributed by atoms with Crippen LogP contribution in [0.1, 0.15) is 204 Å². The van der Waals surface area contributed by atoms with Crippen molar-refractivity contribution in [2.75, 3.05) is 0 Å². The van der Waals surface area contributed by atoms with E-state index < -0.39 is 0 Å². The van der Waals surface area contributed by atoms with Crippen LogP contribution in [0.5, 0.6) is 0 Å². The number of hydrogen-bond donors (Lipinski definition) is 0. The predicted octanol–water partition coefficient (Wildman–Crippen LogP) is 14.3. The smallest absolute Gasteiger partial charge is 0.138 e. The topological polar surface area (TPSA) is 119 Å². The van der Waals surface area contributed by atoms with Crippen molar-refractivity contribution < 1.29 is 33.6 Å². The molecule has 0 spiro atoms. The van der Waals surface area contributed by atoms with E-state index >= 15 is 0 Å². The molecular formula is C53H100O7. The summed E-state index contributed by atoms with van der Waals surface area (Å²) in [5.41, 5.74) is 1.24. The molecule has 0 aliphatic carbocycles. The Kier molecular flexibility index (Phi) is 52.3. The molecule has 1 rings (SSSR count). The van der Waals surface area contributed by atoms with Gasteiger partial charge in [-0.05, 0) is 17.9 Å². The van der Waals surface area contributed by atoms with E-state index in [2.05, 4.69) is 26.0 Å². The van der Waals surface area contributed by atoms with Gasteiger partial charge in [0.1, 0.15) is 40.5 Å². The molecule has 0 aliphatic heterocycles. The fraction of sp³-hybridized carbons (Fsp3) is 0.755. The predicted molar refractivity (Wildman–Crippen MR) is 260 cm³/mol. The molecule has 7 nitrogen and oxygen atoms in total. The van der Waals surface area contributed by atoms with Crippen molar-refractivity contribution in [3.8, 4) is 0 Å². The SMILES string of the molecule is C.CC(C)C(=O)C(C)C(C)C.CC(C)C(=O)C(C)Cc1ccccc1.CCC(=O)C(C)C.CCC(=O)C(C)C.CCC(=O)C(C)C.CCC(=O)C(C)C.CCC(=O)C(C)C. The second kappa shape index (κ2) is 44.0. The number of hydrogen-bond acceptors (Lipinski definition) is 7. The molecule has 0 amide bonds. The molecule has 2 atom stereocenters. The fourth-order valence-electron chi connectivity index (χ4n) is 4.53. The molecule has 1 aromatic rings. The van der Waals surface area contributed by atoms with Crippen molar-refractivity contribution in [3.05, 3.63) is 35.9 Å². The van der Waals surface area contributed by atoms with Crippen LogP contribution >= 0.6 is 0 Å². The van der Waals surface area contributed by atoms with E-state index in [4.69, 9.17) is 0 Å². The summed E-state index contributed by atoms with van der Waals surface area (Å²) in [4.78, 5) is 75.5. The minimum atomic E-state index is 0. The number of ketones is 7. The van der Waals surface area contributed by atoms with Crippen molar-refractivity contribution in [3.63, 3.8) is 0 Å². The Hall–Kier alpha value is -3.09. The molecule has 354 valence electrons. The highest BCUT2D eigenvalue weighted by Gasteiger charge is 2.19. The molecule has 60 heavy (non-hydrogen) atoms. The minimum absolute atomic E-state index is 0. The number of benzene rings is 1. The van der Waals surface area contributed by atoms with E-state index in [1.165, 1.54) is 5.56 Å². The standard InChI is InChI=1S/C13H18O.C9H18O.5C6H12O.CH4/c1-10(2)13(14)11(3)9-12-7-5-4-6-8-12;1-6(2)8(5)9(10)7(3)4;5*1-4-6(7)5(2)3;/h4-8,10-11H,9H2,1-3H3;6-8H,1-5H3;5*5H,4H2,1-3H3;1H4. The third-order valence-corrected chi connectivity index (χ3v) is 9.42. The zero-order chi connectivity index (χ0) is 48.2. The van der Waals surface area contributed by atoms with Crippen molar-refractivity contribution in [2.24, 2.45) is 59.2 Å². The van der Waals surface area contributed by atoms with Gasteiger partial charge in [0.25, 0.3) is 0 Å². The zero-order valence-electron chi connectivity index (χ0n) is 42.8. The van der Waals surface area contributed by atoms with Gasteiger partial charge in [0.2, 0.25) is 0 Å². The first-order valence-electron chi connectivity index (χ1n) is 22.7. The molecule has 0 bridgehead atoms. The highest BCUT2D eigenvalue weighted by Crippen LogP contribution is 2.15. The fourth-order valence-corrected chi connectivity index (χ4v) is 4.53. The third kappa shape index (κ3) is 46.0. The monoisotopic (exact) mass is 849 g/mol. The summed E-state index contributed by atoms with van der Waals surface area (Å²) < 4.78 is 0. The maximum atomic E-state index is 11.6. The Morgan fingerprint density at radius 3 is 0.733 bits per heavy atom. The molecule has 0 aliphatic rings. The van der Waals surface area contributed by atoms with Gasteiger partial charge in [-0.25, -0.2) is 0 Å². The highest BCUT2D eigenvalue weighted by molar-refractivity contribution is 5.83. The van der Waals surface area contributed by atoms with Crippen molar-refractivity contribution in [1.29, 1.82) is 0 Å². The maximum Gasteiger partial charge on any atom is 0.138 e. The zero-order valence-corrected chi connectivity index (χ0v) is 42.8. The summed E-state index contributed by atoms with van der Waals surface area (Å²) in [5.74, 6) is 4.79. The van der Waals surface area contributed by atoms with Gasteiger partial charge in [0, 0.05) is 85.4 Å². The lowest BCUT2D eigenvalue weighted by Gasteiger charge is -2.15. The second-order valence-corrected chi connectivity index (χ2v) is 17.6. The summed E-state index contributed by atoms with van der Waals surface area (Å²) in [6, 6.07) is 10.2. The Bertz CT molecular complexity index is 1120. The summed E-state index contributed by atoms with van der Waals surface area (Å²) in [7, 11) is 0. The Morgan fingerprint density at radius 2 is 0.600 bits per heavy atom. The van der Waals surface area contributed by atoms with Crippen molar-refractivity contribution in [1.82, 2.24) is 0 Å². The van der Waals surface area contributed by atoms with Crippen molar-refractivity contribution >= 4 is 40.5 Å². The van der Waals surface area contributed by atoms with Gasteiger partial charge >= 0.3 is 0 Å². The first-order chi connectivity index (χ1) is 27.0. The average molecular weight is 849 g/mol. The van der Waals surface area contributed by atoms with Gasteiger partial charge in [-0.2, -0.15) is 0 Å². The molecule has 0 N–H and O–H groups in total. The van der Waals surface area contributed by atoms with Crippen molar-refractivity contribution in [2.45, 2.75) is 205 Å². The van der Waals surface area contributed by atoms with Crippen LogP contribution in [0, 0.1) is 59.2 Å². The quantitative estimate of drug-likeness (QED) is 0.153. The van der Waals surface area contributed by atoms with Crippen LogP contribution in [0.25, 0.3) is 0 Å². The van der Waals surface area contributed by atoms with E-state index in [0.717, 1.165) is 6.42 Å². The van der Waals surface area contributed by atoms with Crippen LogP contribution < -0.4 is 0 Å².